The third-order valence-electron chi connectivity index (χ3n) is 6.19. The summed E-state index contributed by atoms with van der Waals surface area (Å²) in [6, 6.07) is 2.71. The van der Waals surface area contributed by atoms with Crippen LogP contribution in [0.5, 0.6) is 5.75 Å². The molecule has 2 aliphatic rings. The van der Waals surface area contributed by atoms with Crippen LogP contribution in [0.3, 0.4) is 0 Å². The number of rotatable bonds is 8. The summed E-state index contributed by atoms with van der Waals surface area (Å²) in [5.74, 6) is -1.86. The molecule has 0 spiro atoms. The second kappa shape index (κ2) is 8.36. The van der Waals surface area contributed by atoms with Crippen LogP contribution in [0.2, 0.25) is 6.32 Å². The molecular formula is C19H28BFN2O5. The molecule has 1 aromatic carbocycles. The molecule has 154 valence electrons. The SMILES string of the molecule is CN[C@@]1(C(=O)O)c2cc(O[C@@H]3CCC[C@H]3N)c(F)cc2C[C@@H]1CCCB(O)O. The van der Waals surface area contributed by atoms with Crippen LogP contribution < -0.4 is 15.8 Å². The van der Waals surface area contributed by atoms with Crippen molar-refractivity contribution in [3.05, 3.63) is 29.1 Å². The molecular weight excluding hydrogens is 366 g/mol. The Labute approximate surface area is 164 Å². The monoisotopic (exact) mass is 394 g/mol. The number of likely N-dealkylation sites (N-methyl/N-ethyl adjacent to an activating group) is 1. The summed E-state index contributed by atoms with van der Waals surface area (Å²) in [4.78, 5) is 12.3. The zero-order chi connectivity index (χ0) is 20.5. The maximum Gasteiger partial charge on any atom is 0.451 e. The molecule has 0 heterocycles. The first-order chi connectivity index (χ1) is 13.3. The molecule has 0 saturated heterocycles. The molecule has 9 heteroatoms. The molecule has 0 aromatic heterocycles. The van der Waals surface area contributed by atoms with Crippen molar-refractivity contribution in [3.63, 3.8) is 0 Å². The molecule has 28 heavy (non-hydrogen) atoms. The number of carbonyl (C=O) groups is 1. The van der Waals surface area contributed by atoms with Crippen LogP contribution in [0.25, 0.3) is 0 Å². The van der Waals surface area contributed by atoms with E-state index in [4.69, 9.17) is 20.5 Å². The van der Waals surface area contributed by atoms with Crippen molar-refractivity contribution in [2.45, 2.75) is 62.5 Å². The van der Waals surface area contributed by atoms with E-state index in [0.717, 1.165) is 19.3 Å². The van der Waals surface area contributed by atoms with Crippen LogP contribution >= 0.6 is 0 Å². The summed E-state index contributed by atoms with van der Waals surface area (Å²) in [6.45, 7) is 0. The van der Waals surface area contributed by atoms with Gasteiger partial charge < -0.3 is 30.9 Å². The molecule has 0 aliphatic heterocycles. The lowest BCUT2D eigenvalue weighted by Gasteiger charge is -2.32. The Kier molecular flexibility index (Phi) is 6.29. The predicted octanol–water partition coefficient (Wildman–Crippen LogP) is 1.01. The summed E-state index contributed by atoms with van der Waals surface area (Å²) in [7, 11) is 0.152. The molecule has 3 rings (SSSR count). The average molecular weight is 394 g/mol. The molecule has 1 aromatic rings. The smallest absolute Gasteiger partial charge is 0.451 e. The second-order valence-electron chi connectivity index (χ2n) is 7.87. The van der Waals surface area contributed by atoms with Gasteiger partial charge in [-0.15, -0.1) is 0 Å². The van der Waals surface area contributed by atoms with Crippen molar-refractivity contribution >= 4 is 13.1 Å². The molecule has 1 fully saturated rings. The Bertz CT molecular complexity index is 735. The van der Waals surface area contributed by atoms with Gasteiger partial charge in [-0.25, -0.2) is 9.18 Å². The maximum absolute atomic E-state index is 14.7. The van der Waals surface area contributed by atoms with Gasteiger partial charge in [0.05, 0.1) is 0 Å². The highest BCUT2D eigenvalue weighted by Gasteiger charge is 2.52. The number of nitrogens with one attached hydrogen (secondary N) is 1. The largest absolute Gasteiger partial charge is 0.486 e. The maximum atomic E-state index is 14.7. The van der Waals surface area contributed by atoms with Gasteiger partial charge >= 0.3 is 13.1 Å². The van der Waals surface area contributed by atoms with E-state index < -0.39 is 24.4 Å². The fraction of sp³-hybridized carbons (Fsp3) is 0.632. The van der Waals surface area contributed by atoms with Crippen molar-refractivity contribution in [3.8, 4) is 5.75 Å². The minimum atomic E-state index is -1.43. The number of carboxylic acid groups (broad SMARTS) is 1. The number of nitrogens with two attached hydrogens (primary N) is 1. The first kappa shape index (κ1) is 21.0. The second-order valence-corrected chi connectivity index (χ2v) is 7.87. The summed E-state index contributed by atoms with van der Waals surface area (Å²) >= 11 is 0. The van der Waals surface area contributed by atoms with Gasteiger partial charge in [0.1, 0.15) is 11.6 Å². The summed E-state index contributed by atoms with van der Waals surface area (Å²) in [5, 5.41) is 31.2. The van der Waals surface area contributed by atoms with E-state index in [-0.39, 0.29) is 30.1 Å². The highest BCUT2D eigenvalue weighted by Crippen LogP contribution is 2.46. The van der Waals surface area contributed by atoms with Crippen LogP contribution in [0.1, 0.15) is 43.2 Å². The Morgan fingerprint density at radius 2 is 2.18 bits per heavy atom. The van der Waals surface area contributed by atoms with Crippen LogP contribution in [-0.2, 0) is 16.8 Å². The first-order valence-electron chi connectivity index (χ1n) is 9.83. The fourth-order valence-corrected chi connectivity index (χ4v) is 4.72. The molecule has 2 aliphatic carbocycles. The van der Waals surface area contributed by atoms with E-state index in [1.54, 1.807) is 7.05 Å². The molecule has 1 saturated carbocycles. The highest BCUT2D eigenvalue weighted by atomic mass is 19.1. The molecule has 7 nitrogen and oxygen atoms in total. The van der Waals surface area contributed by atoms with Gasteiger partial charge in [0, 0.05) is 6.04 Å². The lowest BCUT2D eigenvalue weighted by molar-refractivity contribution is -0.147. The van der Waals surface area contributed by atoms with E-state index in [1.807, 2.05) is 0 Å². The van der Waals surface area contributed by atoms with Crippen molar-refractivity contribution in [1.82, 2.24) is 5.32 Å². The third-order valence-corrected chi connectivity index (χ3v) is 6.19. The molecule has 4 atom stereocenters. The first-order valence-corrected chi connectivity index (χ1v) is 9.83. The fourth-order valence-electron chi connectivity index (χ4n) is 4.72. The molecule has 0 bridgehead atoms. The summed E-state index contributed by atoms with van der Waals surface area (Å²) in [6.07, 6.45) is 3.70. The molecule has 0 radical (unpaired) electrons. The number of aliphatic carboxylic acids is 1. The van der Waals surface area contributed by atoms with Crippen LogP contribution in [0, 0.1) is 11.7 Å². The molecule has 0 unspecified atom stereocenters. The van der Waals surface area contributed by atoms with Crippen LogP contribution in [0.15, 0.2) is 12.1 Å². The van der Waals surface area contributed by atoms with Gasteiger partial charge in [0.2, 0.25) is 0 Å². The number of carboxylic acids is 1. The lowest BCUT2D eigenvalue weighted by atomic mass is 9.77. The number of benzene rings is 1. The zero-order valence-electron chi connectivity index (χ0n) is 16.0. The number of fused-ring (bicyclic) bond motifs is 1. The van der Waals surface area contributed by atoms with Crippen molar-refractivity contribution < 1.29 is 29.1 Å². The van der Waals surface area contributed by atoms with Crippen molar-refractivity contribution in [1.29, 1.82) is 0 Å². The van der Waals surface area contributed by atoms with E-state index in [2.05, 4.69) is 5.32 Å². The standard InChI is InChI=1S/C19H28BFN2O5/c1-23-19(18(24)25)12(4-3-7-20(26)27)8-11-9-14(21)17(10-13(11)19)28-16-6-2-5-15(16)22/h9-10,12,15-16,23,26-27H,2-8,22H2,1H3,(H,24,25)/t12-,15+,16+,19+/m0/s1. The average Bonchev–Trinajstić information content (AvgIpc) is 3.16. The quantitative estimate of drug-likeness (QED) is 0.417. The number of hydrogen-bond donors (Lipinski definition) is 5. The predicted molar refractivity (Wildman–Crippen MR) is 102 cm³/mol. The summed E-state index contributed by atoms with van der Waals surface area (Å²) < 4.78 is 20.5. The normalized spacial score (nSPS) is 29.0. The van der Waals surface area contributed by atoms with Crippen molar-refractivity contribution in [2.75, 3.05) is 7.05 Å². The summed E-state index contributed by atoms with van der Waals surface area (Å²) in [5.41, 5.74) is 5.78. The van der Waals surface area contributed by atoms with Gasteiger partial charge in [-0.3, -0.25) is 0 Å². The number of halogens is 1. The Balaban J connectivity index is 1.92. The lowest BCUT2D eigenvalue weighted by Crippen LogP contribution is -2.51. The van der Waals surface area contributed by atoms with Crippen LogP contribution in [0.4, 0.5) is 4.39 Å². The van der Waals surface area contributed by atoms with Gasteiger partial charge in [0.15, 0.2) is 11.6 Å². The van der Waals surface area contributed by atoms with E-state index in [9.17, 15) is 14.3 Å². The van der Waals surface area contributed by atoms with Crippen LogP contribution in [-0.4, -0.2) is 47.4 Å². The topological polar surface area (TPSA) is 125 Å². The van der Waals surface area contributed by atoms with Gasteiger partial charge in [-0.2, -0.15) is 0 Å². The van der Waals surface area contributed by atoms with E-state index in [0.29, 0.717) is 30.4 Å². The van der Waals surface area contributed by atoms with E-state index in [1.165, 1.54) is 12.1 Å². The zero-order valence-corrected chi connectivity index (χ0v) is 16.0. The highest BCUT2D eigenvalue weighted by molar-refractivity contribution is 6.40. The minimum absolute atomic E-state index is 0.0356. The molecule has 6 N–H and O–H groups in total. The Morgan fingerprint density at radius 1 is 1.43 bits per heavy atom. The van der Waals surface area contributed by atoms with Gasteiger partial charge in [-0.05, 0) is 74.6 Å². The van der Waals surface area contributed by atoms with Gasteiger partial charge in [0.25, 0.3) is 0 Å². The number of hydrogen-bond acceptors (Lipinski definition) is 6. The van der Waals surface area contributed by atoms with Gasteiger partial charge in [-0.1, -0.05) is 6.42 Å². The van der Waals surface area contributed by atoms with E-state index >= 15 is 0 Å². The Morgan fingerprint density at radius 3 is 2.75 bits per heavy atom. The number of ether oxygens (including phenoxy) is 1. The molecule has 0 amide bonds. The minimum Gasteiger partial charge on any atom is -0.486 e. The third kappa shape index (κ3) is 3.76. The Hall–Kier alpha value is -1.68. The van der Waals surface area contributed by atoms with Crippen molar-refractivity contribution in [2.24, 2.45) is 11.7 Å².